The van der Waals surface area contributed by atoms with E-state index >= 15 is 0 Å². The Kier molecular flexibility index (Phi) is 5.66. The van der Waals surface area contributed by atoms with Crippen LogP contribution in [0.2, 0.25) is 0 Å². The third-order valence-corrected chi connectivity index (χ3v) is 2.41. The van der Waals surface area contributed by atoms with E-state index in [4.69, 9.17) is 0 Å². The van der Waals surface area contributed by atoms with Gasteiger partial charge in [-0.15, -0.1) is 26.1 Å². The van der Waals surface area contributed by atoms with Crippen LogP contribution in [0.5, 0.6) is 0 Å². The molecule has 0 spiro atoms. The molecule has 0 amide bonds. The van der Waals surface area contributed by atoms with Crippen LogP contribution in [0, 0.1) is 12.3 Å². The van der Waals surface area contributed by atoms with Gasteiger partial charge in [0.25, 0.3) is 0 Å². The molecule has 2 aromatic heterocycles. The van der Waals surface area contributed by atoms with E-state index in [9.17, 15) is 0 Å². The summed E-state index contributed by atoms with van der Waals surface area (Å²) in [6.07, 6.45) is 7.83. The number of rotatable bonds is 2. The molecule has 0 atom stereocenters. The molecule has 0 aliphatic heterocycles. The number of hydrogen-bond acceptors (Lipinski definition) is 2. The summed E-state index contributed by atoms with van der Waals surface area (Å²) in [4.78, 5) is 8.51. The molecular weight excluding hydrogens is 285 g/mol. The van der Waals surface area contributed by atoms with Gasteiger partial charge in [0, 0.05) is 50.3 Å². The van der Waals surface area contributed by atoms with Crippen molar-refractivity contribution in [3.63, 3.8) is 0 Å². The van der Waals surface area contributed by atoms with Crippen LogP contribution in [0.1, 0.15) is 19.4 Å². The largest absolute Gasteiger partial charge is 0.371 e. The molecule has 2 aromatic rings. The van der Waals surface area contributed by atoms with Gasteiger partial charge in [-0.3, -0.25) is 10.5 Å². The fourth-order valence-corrected chi connectivity index (χ4v) is 1.36. The minimum atomic E-state index is 0. The fourth-order valence-electron chi connectivity index (χ4n) is 1.36. The zero-order chi connectivity index (χ0) is 11.4. The van der Waals surface area contributed by atoms with Crippen molar-refractivity contribution < 1.29 is 32.7 Å². The van der Waals surface area contributed by atoms with Crippen molar-refractivity contribution in [2.45, 2.75) is 13.8 Å². The van der Waals surface area contributed by atoms with Gasteiger partial charge in [-0.25, -0.2) is 6.07 Å². The quantitative estimate of drug-likeness (QED) is 0.796. The Balaban J connectivity index is 0.00000144. The van der Waals surface area contributed by atoms with Crippen LogP contribution in [0.15, 0.2) is 36.5 Å². The Hall–Kier alpha value is -0.856. The van der Waals surface area contributed by atoms with E-state index in [0.717, 1.165) is 22.5 Å². The number of hydrogen-bond donors (Lipinski definition) is 0. The smallest absolute Gasteiger partial charge is 0.0465 e. The number of allylic oxidation sites excluding steroid dienone is 2. The molecule has 3 heteroatoms. The molecule has 0 aliphatic rings. The molecule has 0 aliphatic carbocycles. The van der Waals surface area contributed by atoms with E-state index in [1.165, 1.54) is 0 Å². The van der Waals surface area contributed by atoms with Gasteiger partial charge in [-0.2, -0.15) is 0 Å². The van der Waals surface area contributed by atoms with Gasteiger partial charge >= 0.3 is 0 Å². The molecule has 0 saturated carbocycles. The first kappa shape index (κ1) is 14.2. The van der Waals surface area contributed by atoms with E-state index in [0.29, 0.717) is 0 Å². The Labute approximate surface area is 127 Å². The Morgan fingerprint density at radius 3 is 2.53 bits per heavy atom. The molecular formula is C14H12N2Y-2. The number of pyridine rings is 2. The van der Waals surface area contributed by atoms with Crippen LogP contribution in [-0.4, -0.2) is 9.97 Å². The average Bonchev–Trinajstić information content (AvgIpc) is 2.39. The topological polar surface area (TPSA) is 25.8 Å². The standard InChI is InChI=1S/C14H12N2.Y/c1-3-11(2)12-7-8-14(16-10-12)13-6-4-5-9-15-13;/h4-9H,1-2H3;/q-2;. The van der Waals surface area contributed by atoms with Gasteiger partial charge in [0.2, 0.25) is 0 Å². The Bertz CT molecular complexity index is 489. The van der Waals surface area contributed by atoms with Gasteiger partial charge in [-0.05, 0) is 12.1 Å². The van der Waals surface area contributed by atoms with Crippen molar-refractivity contribution in [1.82, 2.24) is 9.97 Å². The molecule has 2 rings (SSSR count). The summed E-state index contributed by atoms with van der Waals surface area (Å²) < 4.78 is 0. The first-order valence-corrected chi connectivity index (χ1v) is 5.13. The van der Waals surface area contributed by atoms with Crippen molar-refractivity contribution >= 4 is 5.57 Å². The van der Waals surface area contributed by atoms with Crippen LogP contribution in [0.4, 0.5) is 0 Å². The van der Waals surface area contributed by atoms with Gasteiger partial charge in [0.05, 0.1) is 0 Å². The molecule has 0 fully saturated rings. The first-order chi connectivity index (χ1) is 7.81. The van der Waals surface area contributed by atoms with E-state index in [-0.39, 0.29) is 32.7 Å². The Morgan fingerprint density at radius 1 is 1.18 bits per heavy atom. The van der Waals surface area contributed by atoms with Crippen molar-refractivity contribution in [1.29, 1.82) is 0 Å². The maximum Gasteiger partial charge on any atom is 0.0465 e. The summed E-state index contributed by atoms with van der Waals surface area (Å²) in [6.45, 7) is 3.88. The van der Waals surface area contributed by atoms with Gasteiger partial charge in [0.1, 0.15) is 0 Å². The summed E-state index contributed by atoms with van der Waals surface area (Å²) in [6, 6.07) is 9.71. The summed E-state index contributed by atoms with van der Waals surface area (Å²) in [5.41, 5.74) is 3.74. The normalized spacial score (nSPS) is 10.8. The summed E-state index contributed by atoms with van der Waals surface area (Å²) in [7, 11) is 0. The molecule has 2 nitrogen and oxygen atoms in total. The molecule has 1 radical (unpaired) electrons. The second-order valence-corrected chi connectivity index (χ2v) is 3.45. The number of nitrogens with zero attached hydrogens (tertiary/aromatic N) is 2. The molecule has 0 bridgehead atoms. The second-order valence-electron chi connectivity index (χ2n) is 3.45. The molecule has 0 saturated heterocycles. The van der Waals surface area contributed by atoms with E-state index in [1.807, 2.05) is 44.2 Å². The summed E-state index contributed by atoms with van der Waals surface area (Å²) in [5.74, 6) is 0. The van der Waals surface area contributed by atoms with Crippen molar-refractivity contribution in [3.8, 4) is 11.4 Å². The van der Waals surface area contributed by atoms with Gasteiger partial charge in [0.15, 0.2) is 0 Å². The Morgan fingerprint density at radius 2 is 2.00 bits per heavy atom. The van der Waals surface area contributed by atoms with Crippen LogP contribution in [-0.2, 0) is 32.7 Å². The molecule has 17 heavy (non-hydrogen) atoms. The van der Waals surface area contributed by atoms with Crippen LogP contribution in [0.25, 0.3) is 17.0 Å². The van der Waals surface area contributed by atoms with Crippen LogP contribution in [0.3, 0.4) is 0 Å². The molecule has 2 heterocycles. The minimum Gasteiger partial charge on any atom is -0.371 e. The second kappa shape index (κ2) is 6.78. The number of aromatic nitrogens is 2. The van der Waals surface area contributed by atoms with E-state index < -0.39 is 0 Å². The van der Waals surface area contributed by atoms with Gasteiger partial charge in [-0.1, -0.05) is 6.07 Å². The van der Waals surface area contributed by atoms with Gasteiger partial charge < -0.3 is 16.6 Å². The third-order valence-electron chi connectivity index (χ3n) is 2.41. The SMILES string of the molecule is C[C-]=C(C)c1[c-]nc(-c2ccccn2)cc1.[Y]. The average molecular weight is 297 g/mol. The minimum absolute atomic E-state index is 0. The predicted octanol–water partition coefficient (Wildman–Crippen LogP) is 3.17. The zero-order valence-corrected chi connectivity index (χ0v) is 12.8. The molecule has 0 N–H and O–H groups in total. The van der Waals surface area contributed by atoms with Crippen molar-refractivity contribution in [2.75, 3.05) is 0 Å². The zero-order valence-electron chi connectivity index (χ0n) is 9.94. The molecule has 0 aromatic carbocycles. The van der Waals surface area contributed by atoms with E-state index in [1.54, 1.807) is 6.20 Å². The summed E-state index contributed by atoms with van der Waals surface area (Å²) in [5, 5.41) is 0. The maximum absolute atomic E-state index is 4.27. The van der Waals surface area contributed by atoms with Crippen LogP contribution < -0.4 is 0 Å². The van der Waals surface area contributed by atoms with Crippen LogP contribution >= 0.6 is 0 Å². The first-order valence-electron chi connectivity index (χ1n) is 5.13. The fraction of sp³-hybridized carbons (Fsp3) is 0.143. The predicted molar refractivity (Wildman–Crippen MR) is 64.3 cm³/mol. The monoisotopic (exact) mass is 297 g/mol. The van der Waals surface area contributed by atoms with Crippen molar-refractivity contribution in [2.24, 2.45) is 0 Å². The van der Waals surface area contributed by atoms with E-state index in [2.05, 4.69) is 22.2 Å². The van der Waals surface area contributed by atoms with Crippen molar-refractivity contribution in [3.05, 3.63) is 54.4 Å². The summed E-state index contributed by atoms with van der Waals surface area (Å²) >= 11 is 0. The molecule has 0 unspecified atom stereocenters. The molecule has 83 valence electrons. The maximum atomic E-state index is 4.27. The third kappa shape index (κ3) is 3.55.